The molecule has 5 heteroatoms. The number of benzene rings is 1. The summed E-state index contributed by atoms with van der Waals surface area (Å²) in [4.78, 5) is 13.2. The predicted octanol–water partition coefficient (Wildman–Crippen LogP) is 4.55. The Balaban J connectivity index is 1.86. The number of aromatic nitrogens is 3. The molecule has 134 valence electrons. The molecule has 0 aliphatic rings. The zero-order valence-corrected chi connectivity index (χ0v) is 15.2. The van der Waals surface area contributed by atoms with Crippen molar-refractivity contribution in [3.8, 4) is 5.75 Å². The van der Waals surface area contributed by atoms with Crippen molar-refractivity contribution in [2.45, 2.75) is 19.9 Å². The van der Waals surface area contributed by atoms with Crippen molar-refractivity contribution in [3.05, 3.63) is 89.5 Å². The lowest BCUT2D eigenvalue weighted by atomic mass is 9.97. The van der Waals surface area contributed by atoms with E-state index in [1.165, 1.54) is 0 Å². The van der Waals surface area contributed by atoms with Gasteiger partial charge in [0.05, 0.1) is 6.04 Å². The molecule has 0 bridgehead atoms. The van der Waals surface area contributed by atoms with Gasteiger partial charge in [-0.25, -0.2) is 9.97 Å². The molecule has 3 heterocycles. The Bertz CT molecular complexity index is 1100. The number of aromatic hydroxyl groups is 1. The third-order valence-electron chi connectivity index (χ3n) is 4.54. The first-order valence-corrected chi connectivity index (χ1v) is 8.80. The number of rotatable bonds is 4. The van der Waals surface area contributed by atoms with Crippen molar-refractivity contribution in [3.63, 3.8) is 0 Å². The number of phenols is 1. The SMILES string of the molecule is Cc1ccnc(N[C@@H](c2cccnc2)c2ccc3ccc(C)nc3c2O)c1. The van der Waals surface area contributed by atoms with Crippen LogP contribution in [0.5, 0.6) is 5.75 Å². The number of anilines is 1. The van der Waals surface area contributed by atoms with E-state index < -0.39 is 0 Å². The zero-order valence-electron chi connectivity index (χ0n) is 15.2. The van der Waals surface area contributed by atoms with Gasteiger partial charge in [0.25, 0.3) is 0 Å². The molecule has 1 atom stereocenters. The Morgan fingerprint density at radius 1 is 1.00 bits per heavy atom. The average molecular weight is 356 g/mol. The molecular weight excluding hydrogens is 336 g/mol. The molecule has 2 N–H and O–H groups in total. The van der Waals surface area contributed by atoms with Gasteiger partial charge in [-0.1, -0.05) is 24.3 Å². The van der Waals surface area contributed by atoms with Gasteiger partial charge in [0.15, 0.2) is 0 Å². The van der Waals surface area contributed by atoms with Crippen LogP contribution >= 0.6 is 0 Å². The molecule has 5 nitrogen and oxygen atoms in total. The van der Waals surface area contributed by atoms with E-state index in [9.17, 15) is 5.11 Å². The molecule has 0 saturated heterocycles. The van der Waals surface area contributed by atoms with Gasteiger partial charge < -0.3 is 10.4 Å². The van der Waals surface area contributed by atoms with Crippen molar-refractivity contribution in [2.24, 2.45) is 0 Å². The van der Waals surface area contributed by atoms with Crippen LogP contribution < -0.4 is 5.32 Å². The number of aryl methyl sites for hydroxylation is 2. The first-order chi connectivity index (χ1) is 13.1. The van der Waals surface area contributed by atoms with Gasteiger partial charge in [-0.2, -0.15) is 0 Å². The van der Waals surface area contributed by atoms with Crippen LogP contribution in [0.2, 0.25) is 0 Å². The second kappa shape index (κ2) is 7.03. The lowest BCUT2D eigenvalue weighted by Crippen LogP contribution is -2.14. The summed E-state index contributed by atoms with van der Waals surface area (Å²) < 4.78 is 0. The molecule has 1 aromatic carbocycles. The maximum atomic E-state index is 11.0. The van der Waals surface area contributed by atoms with Crippen LogP contribution in [0.3, 0.4) is 0 Å². The van der Waals surface area contributed by atoms with E-state index in [1.807, 2.05) is 62.4 Å². The van der Waals surface area contributed by atoms with Crippen LogP contribution in [0.25, 0.3) is 10.9 Å². The minimum absolute atomic E-state index is 0.171. The summed E-state index contributed by atoms with van der Waals surface area (Å²) in [7, 11) is 0. The summed E-state index contributed by atoms with van der Waals surface area (Å²) in [5, 5.41) is 15.3. The normalized spacial score (nSPS) is 12.1. The Hall–Kier alpha value is -3.47. The van der Waals surface area contributed by atoms with E-state index in [2.05, 4.69) is 20.3 Å². The fraction of sp³-hybridized carbons (Fsp3) is 0.136. The Labute approximate surface area is 157 Å². The second-order valence-electron chi connectivity index (χ2n) is 6.61. The third-order valence-corrected chi connectivity index (χ3v) is 4.54. The van der Waals surface area contributed by atoms with E-state index in [0.29, 0.717) is 5.52 Å². The van der Waals surface area contributed by atoms with Crippen LogP contribution in [0.15, 0.2) is 67.1 Å². The van der Waals surface area contributed by atoms with Crippen molar-refractivity contribution in [1.82, 2.24) is 15.0 Å². The van der Waals surface area contributed by atoms with Gasteiger partial charge >= 0.3 is 0 Å². The minimum Gasteiger partial charge on any atom is -0.505 e. The van der Waals surface area contributed by atoms with E-state index >= 15 is 0 Å². The topological polar surface area (TPSA) is 70.9 Å². The Kier molecular flexibility index (Phi) is 4.42. The maximum Gasteiger partial charge on any atom is 0.147 e. The first-order valence-electron chi connectivity index (χ1n) is 8.80. The Morgan fingerprint density at radius 3 is 2.63 bits per heavy atom. The van der Waals surface area contributed by atoms with Gasteiger partial charge in [-0.05, 0) is 49.2 Å². The molecule has 27 heavy (non-hydrogen) atoms. The van der Waals surface area contributed by atoms with Crippen LogP contribution in [-0.2, 0) is 0 Å². The van der Waals surface area contributed by atoms with Crippen LogP contribution in [0.4, 0.5) is 5.82 Å². The molecular formula is C22H20N4O. The predicted molar refractivity (Wildman–Crippen MR) is 107 cm³/mol. The third kappa shape index (κ3) is 3.44. The summed E-state index contributed by atoms with van der Waals surface area (Å²) >= 11 is 0. The number of nitrogens with zero attached hydrogens (tertiary/aromatic N) is 3. The maximum absolute atomic E-state index is 11.0. The largest absolute Gasteiger partial charge is 0.505 e. The van der Waals surface area contributed by atoms with Gasteiger partial charge in [-0.15, -0.1) is 0 Å². The monoisotopic (exact) mass is 356 g/mol. The summed E-state index contributed by atoms with van der Waals surface area (Å²) in [6, 6.07) is 15.3. The lowest BCUT2D eigenvalue weighted by Gasteiger charge is -2.22. The van der Waals surface area contributed by atoms with Crippen LogP contribution in [-0.4, -0.2) is 20.1 Å². The first kappa shape index (κ1) is 17.0. The summed E-state index contributed by atoms with van der Waals surface area (Å²) in [5.74, 6) is 0.908. The van der Waals surface area contributed by atoms with E-state index in [0.717, 1.165) is 33.6 Å². The minimum atomic E-state index is -0.306. The zero-order chi connectivity index (χ0) is 18.8. The molecule has 0 saturated carbocycles. The summed E-state index contributed by atoms with van der Waals surface area (Å²) in [6.45, 7) is 3.94. The Morgan fingerprint density at radius 2 is 1.85 bits per heavy atom. The van der Waals surface area contributed by atoms with E-state index in [4.69, 9.17) is 0 Å². The van der Waals surface area contributed by atoms with Gasteiger partial charge in [0, 0.05) is 35.2 Å². The van der Waals surface area contributed by atoms with Crippen molar-refractivity contribution >= 4 is 16.7 Å². The highest BCUT2D eigenvalue weighted by molar-refractivity contribution is 5.86. The van der Waals surface area contributed by atoms with Gasteiger partial charge in [-0.3, -0.25) is 4.98 Å². The molecule has 0 aliphatic carbocycles. The van der Waals surface area contributed by atoms with Crippen LogP contribution in [0.1, 0.15) is 28.4 Å². The van der Waals surface area contributed by atoms with Gasteiger partial charge in [0.1, 0.15) is 17.1 Å². The van der Waals surface area contributed by atoms with E-state index in [-0.39, 0.29) is 11.8 Å². The molecule has 4 rings (SSSR count). The smallest absolute Gasteiger partial charge is 0.147 e. The lowest BCUT2D eigenvalue weighted by molar-refractivity contribution is 0.471. The number of hydrogen-bond acceptors (Lipinski definition) is 5. The number of hydrogen-bond donors (Lipinski definition) is 2. The highest BCUT2D eigenvalue weighted by Crippen LogP contribution is 2.36. The molecule has 0 radical (unpaired) electrons. The fourth-order valence-corrected chi connectivity index (χ4v) is 3.17. The van der Waals surface area contributed by atoms with E-state index in [1.54, 1.807) is 18.6 Å². The molecule has 0 amide bonds. The van der Waals surface area contributed by atoms with Crippen molar-refractivity contribution in [1.29, 1.82) is 0 Å². The highest BCUT2D eigenvalue weighted by Gasteiger charge is 2.20. The average Bonchev–Trinajstić information content (AvgIpc) is 2.68. The summed E-state index contributed by atoms with van der Waals surface area (Å²) in [6.07, 6.45) is 5.29. The quantitative estimate of drug-likeness (QED) is 0.561. The number of pyridine rings is 3. The summed E-state index contributed by atoms with van der Waals surface area (Å²) in [5.41, 5.74) is 4.24. The fourth-order valence-electron chi connectivity index (χ4n) is 3.17. The number of nitrogens with one attached hydrogen (secondary N) is 1. The van der Waals surface area contributed by atoms with Gasteiger partial charge in [0.2, 0.25) is 0 Å². The van der Waals surface area contributed by atoms with Crippen molar-refractivity contribution < 1.29 is 5.11 Å². The number of fused-ring (bicyclic) bond motifs is 1. The molecule has 0 fully saturated rings. The molecule has 0 spiro atoms. The molecule has 0 unspecified atom stereocenters. The van der Waals surface area contributed by atoms with Crippen LogP contribution in [0, 0.1) is 13.8 Å². The molecule has 3 aromatic heterocycles. The highest BCUT2D eigenvalue weighted by atomic mass is 16.3. The molecule has 0 aliphatic heterocycles. The number of phenolic OH excluding ortho intramolecular Hbond substituents is 1. The van der Waals surface area contributed by atoms with Crippen molar-refractivity contribution in [2.75, 3.05) is 5.32 Å². The standard InChI is InChI=1S/C22H20N4O/c1-14-9-11-24-19(12-14)26-20(17-4-3-10-23-13-17)18-8-7-16-6-5-15(2)25-21(16)22(18)27/h3-13,20,27H,1-2H3,(H,24,26)/t20-/m0/s1. The molecule has 4 aromatic rings. The second-order valence-corrected chi connectivity index (χ2v) is 6.61.